The van der Waals surface area contributed by atoms with Crippen LogP contribution in [-0.2, 0) is 16.6 Å². The minimum Gasteiger partial charge on any atom is -0.375 e. The summed E-state index contributed by atoms with van der Waals surface area (Å²) in [6.07, 6.45) is -2.12. The van der Waals surface area contributed by atoms with Crippen LogP contribution in [0.3, 0.4) is 0 Å². The topological polar surface area (TPSA) is 73.9 Å². The van der Waals surface area contributed by atoms with Crippen LogP contribution in [0.15, 0.2) is 0 Å². The average molecular weight is 260 g/mol. The molecule has 1 rings (SSSR count). The molecule has 1 aromatic rings. The maximum Gasteiger partial charge on any atom is 0.261 e. The summed E-state index contributed by atoms with van der Waals surface area (Å²) in [5, 5.41) is 0. The zero-order valence-corrected chi connectivity index (χ0v) is 10.8. The summed E-state index contributed by atoms with van der Waals surface area (Å²) in [7, 11) is 0. The molecule has 0 unspecified atom stereocenters. The molecule has 0 saturated heterocycles. The maximum atomic E-state index is 11.9. The van der Waals surface area contributed by atoms with Gasteiger partial charge in [-0.05, 0) is 0 Å². The van der Waals surface area contributed by atoms with E-state index >= 15 is 0 Å². The number of hydrogen-bond acceptors (Lipinski definition) is 5. The van der Waals surface area contributed by atoms with Gasteiger partial charge in [-0.25, -0.2) is 13.8 Å². The predicted octanol–water partition coefficient (Wildman–Crippen LogP) is 1.58. The normalized spacial score (nSPS) is 12.1. The number of ether oxygens (including phenoxy) is 1. The van der Waals surface area contributed by atoms with E-state index in [1.165, 1.54) is 0 Å². The maximum absolute atomic E-state index is 11.9. The van der Waals surface area contributed by atoms with Crippen molar-refractivity contribution in [3.63, 3.8) is 0 Å². The molecular weight excluding hydrogens is 242 g/mol. The van der Waals surface area contributed by atoms with Crippen molar-refractivity contribution in [1.29, 1.82) is 0 Å². The Kier molecular flexibility index (Phi) is 4.89. The fourth-order valence-electron chi connectivity index (χ4n) is 1.22. The number of halogens is 2. The fourth-order valence-corrected chi connectivity index (χ4v) is 1.22. The summed E-state index contributed by atoms with van der Waals surface area (Å²) in [5.41, 5.74) is 5.35. The van der Waals surface area contributed by atoms with Gasteiger partial charge in [0.2, 0.25) is 5.95 Å². The van der Waals surface area contributed by atoms with Crippen molar-refractivity contribution in [2.75, 3.05) is 18.9 Å². The molecule has 0 saturated carbocycles. The van der Waals surface area contributed by atoms with Gasteiger partial charge in [0.05, 0.1) is 6.61 Å². The fraction of sp³-hybridized carbons (Fsp3) is 0.727. The van der Waals surface area contributed by atoms with Crippen LogP contribution in [0.5, 0.6) is 0 Å². The first kappa shape index (κ1) is 14.7. The Balaban J connectivity index is 2.63. The van der Waals surface area contributed by atoms with Crippen LogP contribution in [0.2, 0.25) is 0 Å². The highest BCUT2D eigenvalue weighted by Gasteiger charge is 2.19. The van der Waals surface area contributed by atoms with Gasteiger partial charge in [0.15, 0.2) is 0 Å². The Labute approximate surface area is 105 Å². The Morgan fingerprint density at radius 3 is 2.44 bits per heavy atom. The smallest absolute Gasteiger partial charge is 0.261 e. The molecule has 0 atom stereocenters. The molecule has 102 valence electrons. The molecule has 0 aliphatic heterocycles. The standard InChI is InChI=1S/C11H18F2N4O/c1-11(2,3)9-15-8(16-10(14)17-9)4-5-18-6-7(12)13/h7H,4-6H2,1-3H3,(H2,14,15,16,17). The number of rotatable bonds is 5. The molecule has 0 fully saturated rings. The van der Waals surface area contributed by atoms with E-state index in [9.17, 15) is 8.78 Å². The lowest BCUT2D eigenvalue weighted by molar-refractivity contribution is 0.0182. The van der Waals surface area contributed by atoms with Gasteiger partial charge in [-0.1, -0.05) is 20.8 Å². The van der Waals surface area contributed by atoms with Crippen LogP contribution in [0.4, 0.5) is 14.7 Å². The van der Waals surface area contributed by atoms with Crippen LogP contribution in [0.1, 0.15) is 32.4 Å². The van der Waals surface area contributed by atoms with E-state index in [4.69, 9.17) is 10.5 Å². The number of nitrogens with two attached hydrogens (primary N) is 1. The number of aromatic nitrogens is 3. The summed E-state index contributed by atoms with van der Waals surface area (Å²) >= 11 is 0. The number of alkyl halides is 2. The first-order valence-corrected chi connectivity index (χ1v) is 5.66. The van der Waals surface area contributed by atoms with Crippen LogP contribution < -0.4 is 5.73 Å². The largest absolute Gasteiger partial charge is 0.375 e. The van der Waals surface area contributed by atoms with Gasteiger partial charge in [0.25, 0.3) is 6.43 Å². The van der Waals surface area contributed by atoms with Crippen molar-refractivity contribution in [2.45, 2.75) is 39.0 Å². The SMILES string of the molecule is CC(C)(C)c1nc(N)nc(CCOCC(F)F)n1. The van der Waals surface area contributed by atoms with Crippen LogP contribution in [0.25, 0.3) is 0 Å². The van der Waals surface area contributed by atoms with Gasteiger partial charge in [-0.2, -0.15) is 9.97 Å². The molecule has 0 aliphatic carbocycles. The van der Waals surface area contributed by atoms with Crippen molar-refractivity contribution in [1.82, 2.24) is 15.0 Å². The minimum atomic E-state index is -2.46. The summed E-state index contributed by atoms with van der Waals surface area (Å²) in [4.78, 5) is 12.3. The lowest BCUT2D eigenvalue weighted by Gasteiger charge is -2.17. The van der Waals surface area contributed by atoms with Gasteiger partial charge in [0.1, 0.15) is 18.3 Å². The Hall–Kier alpha value is -1.37. The van der Waals surface area contributed by atoms with Crippen molar-refractivity contribution in [2.24, 2.45) is 0 Å². The average Bonchev–Trinajstić information content (AvgIpc) is 2.22. The number of hydrogen-bond donors (Lipinski definition) is 1. The third kappa shape index (κ3) is 4.87. The second kappa shape index (κ2) is 5.99. The molecule has 0 radical (unpaired) electrons. The van der Waals surface area contributed by atoms with E-state index in [2.05, 4.69) is 15.0 Å². The highest BCUT2D eigenvalue weighted by atomic mass is 19.3. The van der Waals surface area contributed by atoms with E-state index in [0.717, 1.165) is 0 Å². The van der Waals surface area contributed by atoms with Gasteiger partial charge < -0.3 is 10.5 Å². The lowest BCUT2D eigenvalue weighted by atomic mass is 9.96. The number of anilines is 1. The van der Waals surface area contributed by atoms with Crippen LogP contribution in [0, 0.1) is 0 Å². The first-order valence-electron chi connectivity index (χ1n) is 5.66. The minimum absolute atomic E-state index is 0.136. The summed E-state index contributed by atoms with van der Waals surface area (Å²) in [6.45, 7) is 5.43. The van der Waals surface area contributed by atoms with Gasteiger partial charge in [-0.3, -0.25) is 0 Å². The molecule has 1 heterocycles. The quantitative estimate of drug-likeness (QED) is 0.813. The molecule has 2 N–H and O–H groups in total. The Morgan fingerprint density at radius 2 is 1.89 bits per heavy atom. The summed E-state index contributed by atoms with van der Waals surface area (Å²) < 4.78 is 28.5. The highest BCUT2D eigenvalue weighted by molar-refractivity contribution is 5.18. The Bertz CT molecular complexity index is 393. The summed E-state index contributed by atoms with van der Waals surface area (Å²) in [6, 6.07) is 0. The van der Waals surface area contributed by atoms with Gasteiger partial charge in [-0.15, -0.1) is 0 Å². The zero-order chi connectivity index (χ0) is 13.8. The third-order valence-electron chi connectivity index (χ3n) is 2.08. The molecule has 0 aromatic carbocycles. The molecule has 18 heavy (non-hydrogen) atoms. The zero-order valence-electron chi connectivity index (χ0n) is 10.8. The first-order chi connectivity index (χ1) is 8.29. The summed E-state index contributed by atoms with van der Waals surface area (Å²) in [5.74, 6) is 1.18. The molecule has 1 aromatic heterocycles. The highest BCUT2D eigenvalue weighted by Crippen LogP contribution is 2.18. The van der Waals surface area contributed by atoms with Crippen LogP contribution in [-0.4, -0.2) is 34.6 Å². The molecule has 0 bridgehead atoms. The predicted molar refractivity (Wildman–Crippen MR) is 63.5 cm³/mol. The van der Waals surface area contributed by atoms with Gasteiger partial charge in [0, 0.05) is 11.8 Å². The molecule has 7 heteroatoms. The monoisotopic (exact) mass is 260 g/mol. The van der Waals surface area contributed by atoms with E-state index in [0.29, 0.717) is 18.1 Å². The lowest BCUT2D eigenvalue weighted by Crippen LogP contribution is -2.20. The Morgan fingerprint density at radius 1 is 1.22 bits per heavy atom. The molecule has 5 nitrogen and oxygen atoms in total. The number of nitrogens with zero attached hydrogens (tertiary/aromatic N) is 3. The van der Waals surface area contributed by atoms with Crippen molar-refractivity contribution in [3.8, 4) is 0 Å². The van der Waals surface area contributed by atoms with Gasteiger partial charge >= 0.3 is 0 Å². The van der Waals surface area contributed by atoms with E-state index < -0.39 is 13.0 Å². The molecule has 0 spiro atoms. The van der Waals surface area contributed by atoms with Crippen LogP contribution >= 0.6 is 0 Å². The molecule has 0 aliphatic rings. The van der Waals surface area contributed by atoms with E-state index in [1.54, 1.807) is 0 Å². The second-order valence-electron chi connectivity index (χ2n) is 4.90. The van der Waals surface area contributed by atoms with Crippen molar-refractivity contribution < 1.29 is 13.5 Å². The third-order valence-corrected chi connectivity index (χ3v) is 2.08. The molecule has 0 amide bonds. The van der Waals surface area contributed by atoms with E-state index in [-0.39, 0.29) is 18.0 Å². The molecular formula is C11H18F2N4O. The van der Waals surface area contributed by atoms with Crippen molar-refractivity contribution >= 4 is 5.95 Å². The van der Waals surface area contributed by atoms with E-state index in [1.807, 2.05) is 20.8 Å². The second-order valence-corrected chi connectivity index (χ2v) is 4.90. The van der Waals surface area contributed by atoms with Crippen molar-refractivity contribution in [3.05, 3.63) is 11.6 Å². The number of nitrogen functional groups attached to an aromatic ring is 1.